The minimum absolute atomic E-state index is 0.184. The first-order valence-electron chi connectivity index (χ1n) is 11.2. The summed E-state index contributed by atoms with van der Waals surface area (Å²) in [6.07, 6.45) is 0. The normalized spacial score (nSPS) is 17.5. The van der Waals surface area contributed by atoms with Gasteiger partial charge in [-0.3, -0.25) is 14.5 Å². The molecule has 1 aliphatic heterocycles. The third-order valence-electron chi connectivity index (χ3n) is 6.10. The molecule has 5 rings (SSSR count). The van der Waals surface area contributed by atoms with Crippen LogP contribution in [0, 0.1) is 5.92 Å². The van der Waals surface area contributed by atoms with Gasteiger partial charge in [-0.05, 0) is 42.3 Å². The van der Waals surface area contributed by atoms with Gasteiger partial charge in [0.2, 0.25) is 11.9 Å². The SMILES string of the molecule is CCOC(=O)C1C(=O)N(Cc2ccccc2)c2nc3ccccc3n2C1c1cccc(OC)c1. The van der Waals surface area contributed by atoms with Crippen molar-refractivity contribution < 1.29 is 19.1 Å². The van der Waals surface area contributed by atoms with E-state index in [4.69, 9.17) is 14.5 Å². The van der Waals surface area contributed by atoms with Gasteiger partial charge in [0.15, 0.2) is 5.92 Å². The lowest BCUT2D eigenvalue weighted by Gasteiger charge is -2.38. The van der Waals surface area contributed by atoms with E-state index >= 15 is 0 Å². The molecule has 7 heteroatoms. The topological polar surface area (TPSA) is 73.7 Å². The molecular formula is C27H25N3O4. The summed E-state index contributed by atoms with van der Waals surface area (Å²) in [6, 6.07) is 24.2. The lowest BCUT2D eigenvalue weighted by molar-refractivity contribution is -0.153. The maximum atomic E-state index is 14.0. The Morgan fingerprint density at radius 1 is 1.00 bits per heavy atom. The Morgan fingerprint density at radius 3 is 2.53 bits per heavy atom. The quantitative estimate of drug-likeness (QED) is 0.319. The molecule has 34 heavy (non-hydrogen) atoms. The molecule has 2 atom stereocenters. The highest BCUT2D eigenvalue weighted by molar-refractivity contribution is 6.08. The number of aromatic nitrogens is 2. The molecule has 0 saturated heterocycles. The Hall–Kier alpha value is -4.13. The highest BCUT2D eigenvalue weighted by atomic mass is 16.5. The number of carbonyl (C=O) groups is 2. The number of esters is 1. The van der Waals surface area contributed by atoms with E-state index in [9.17, 15) is 9.59 Å². The highest BCUT2D eigenvalue weighted by Gasteiger charge is 2.47. The second kappa shape index (κ2) is 9.02. The van der Waals surface area contributed by atoms with Crippen molar-refractivity contribution in [1.82, 2.24) is 9.55 Å². The number of anilines is 1. The Bertz CT molecular complexity index is 1350. The number of hydrogen-bond donors (Lipinski definition) is 0. The van der Waals surface area contributed by atoms with Gasteiger partial charge in [0.25, 0.3) is 0 Å². The van der Waals surface area contributed by atoms with Gasteiger partial charge >= 0.3 is 5.97 Å². The van der Waals surface area contributed by atoms with Crippen LogP contribution in [0.15, 0.2) is 78.9 Å². The molecular weight excluding hydrogens is 430 g/mol. The number of methoxy groups -OCH3 is 1. The number of amides is 1. The lowest BCUT2D eigenvalue weighted by Crippen LogP contribution is -2.49. The number of hydrogen-bond acceptors (Lipinski definition) is 5. The maximum absolute atomic E-state index is 14.0. The Morgan fingerprint density at radius 2 is 1.76 bits per heavy atom. The second-order valence-corrected chi connectivity index (χ2v) is 8.13. The number of rotatable bonds is 6. The molecule has 0 fully saturated rings. The van der Waals surface area contributed by atoms with Crippen molar-refractivity contribution in [2.75, 3.05) is 18.6 Å². The van der Waals surface area contributed by atoms with Crippen molar-refractivity contribution >= 4 is 28.9 Å². The minimum Gasteiger partial charge on any atom is -0.497 e. The average molecular weight is 456 g/mol. The molecule has 0 aliphatic carbocycles. The highest BCUT2D eigenvalue weighted by Crippen LogP contribution is 2.42. The van der Waals surface area contributed by atoms with E-state index in [1.807, 2.05) is 83.4 Å². The molecule has 3 aromatic carbocycles. The summed E-state index contributed by atoms with van der Waals surface area (Å²) in [5, 5.41) is 0. The van der Waals surface area contributed by atoms with Gasteiger partial charge in [-0.15, -0.1) is 0 Å². The molecule has 0 saturated carbocycles. The summed E-state index contributed by atoms with van der Waals surface area (Å²) in [4.78, 5) is 33.7. The molecule has 1 aromatic heterocycles. The van der Waals surface area contributed by atoms with Crippen molar-refractivity contribution in [2.24, 2.45) is 5.92 Å². The largest absolute Gasteiger partial charge is 0.497 e. The van der Waals surface area contributed by atoms with Crippen molar-refractivity contribution in [3.05, 3.63) is 90.0 Å². The first kappa shape index (κ1) is 21.7. The zero-order valence-corrected chi connectivity index (χ0v) is 19.0. The monoisotopic (exact) mass is 455 g/mol. The number of imidazole rings is 1. The van der Waals surface area contributed by atoms with Gasteiger partial charge < -0.3 is 14.0 Å². The summed E-state index contributed by atoms with van der Waals surface area (Å²) in [5.74, 6) is -0.811. The number of carbonyl (C=O) groups excluding carboxylic acids is 2. The third kappa shape index (κ3) is 3.69. The third-order valence-corrected chi connectivity index (χ3v) is 6.10. The number of ether oxygens (including phenoxy) is 2. The van der Waals surface area contributed by atoms with E-state index in [-0.39, 0.29) is 12.5 Å². The van der Waals surface area contributed by atoms with Crippen LogP contribution < -0.4 is 9.64 Å². The Balaban J connectivity index is 1.75. The van der Waals surface area contributed by atoms with E-state index < -0.39 is 17.9 Å². The summed E-state index contributed by atoms with van der Waals surface area (Å²) >= 11 is 0. The van der Waals surface area contributed by atoms with Crippen LogP contribution in [0.25, 0.3) is 11.0 Å². The molecule has 0 bridgehead atoms. The maximum Gasteiger partial charge on any atom is 0.321 e. The zero-order valence-electron chi connectivity index (χ0n) is 19.0. The molecule has 1 aliphatic rings. The Labute approximate surface area is 197 Å². The minimum atomic E-state index is -1.07. The van der Waals surface area contributed by atoms with E-state index in [0.717, 1.165) is 22.2 Å². The summed E-state index contributed by atoms with van der Waals surface area (Å²) in [7, 11) is 1.59. The summed E-state index contributed by atoms with van der Waals surface area (Å²) < 4.78 is 12.8. The van der Waals surface area contributed by atoms with Gasteiger partial charge in [0.05, 0.1) is 37.3 Å². The van der Waals surface area contributed by atoms with Crippen LogP contribution in [0.5, 0.6) is 5.75 Å². The van der Waals surface area contributed by atoms with Crippen LogP contribution in [0.2, 0.25) is 0 Å². The number of benzene rings is 3. The van der Waals surface area contributed by atoms with E-state index in [1.165, 1.54) is 0 Å². The Kier molecular flexibility index (Phi) is 5.76. The summed E-state index contributed by atoms with van der Waals surface area (Å²) in [6.45, 7) is 2.22. The van der Waals surface area contributed by atoms with E-state index in [1.54, 1.807) is 18.9 Å². The van der Waals surface area contributed by atoms with Crippen molar-refractivity contribution in [2.45, 2.75) is 19.5 Å². The van der Waals surface area contributed by atoms with Crippen LogP contribution in [0.3, 0.4) is 0 Å². The van der Waals surface area contributed by atoms with Crippen LogP contribution in [-0.2, 0) is 20.9 Å². The van der Waals surface area contributed by atoms with Crippen molar-refractivity contribution in [3.8, 4) is 5.75 Å². The molecule has 172 valence electrons. The van der Waals surface area contributed by atoms with Gasteiger partial charge in [-0.2, -0.15) is 0 Å². The fourth-order valence-electron chi connectivity index (χ4n) is 4.59. The first-order chi connectivity index (χ1) is 16.6. The van der Waals surface area contributed by atoms with Crippen LogP contribution in [0.4, 0.5) is 5.95 Å². The average Bonchev–Trinajstić information content (AvgIpc) is 3.25. The van der Waals surface area contributed by atoms with Crippen LogP contribution in [-0.4, -0.2) is 35.1 Å². The molecule has 2 heterocycles. The van der Waals surface area contributed by atoms with Crippen LogP contribution >= 0.6 is 0 Å². The van der Waals surface area contributed by atoms with E-state index in [2.05, 4.69) is 0 Å². The fraction of sp³-hybridized carbons (Fsp3) is 0.222. The number of para-hydroxylation sites is 2. The van der Waals surface area contributed by atoms with Gasteiger partial charge in [0.1, 0.15) is 5.75 Å². The first-order valence-corrected chi connectivity index (χ1v) is 11.2. The number of fused-ring (bicyclic) bond motifs is 3. The molecule has 4 aromatic rings. The molecule has 0 spiro atoms. The summed E-state index contributed by atoms with van der Waals surface area (Å²) in [5.41, 5.74) is 3.30. The van der Waals surface area contributed by atoms with E-state index in [0.29, 0.717) is 18.2 Å². The molecule has 7 nitrogen and oxygen atoms in total. The fourth-order valence-corrected chi connectivity index (χ4v) is 4.59. The molecule has 2 unspecified atom stereocenters. The van der Waals surface area contributed by atoms with Crippen LogP contribution in [0.1, 0.15) is 24.1 Å². The smallest absolute Gasteiger partial charge is 0.321 e. The predicted octanol–water partition coefficient (Wildman–Crippen LogP) is 4.36. The van der Waals surface area contributed by atoms with Gasteiger partial charge in [-0.25, -0.2) is 4.98 Å². The lowest BCUT2D eigenvalue weighted by atomic mass is 9.89. The molecule has 0 radical (unpaired) electrons. The second-order valence-electron chi connectivity index (χ2n) is 8.13. The number of nitrogens with zero attached hydrogens (tertiary/aromatic N) is 3. The van der Waals surface area contributed by atoms with Crippen molar-refractivity contribution in [3.63, 3.8) is 0 Å². The van der Waals surface area contributed by atoms with Gasteiger partial charge in [-0.1, -0.05) is 54.6 Å². The zero-order chi connectivity index (χ0) is 23.7. The molecule has 0 N–H and O–H groups in total. The van der Waals surface area contributed by atoms with Crippen molar-refractivity contribution in [1.29, 1.82) is 0 Å². The molecule has 1 amide bonds. The predicted molar refractivity (Wildman–Crippen MR) is 129 cm³/mol. The standard InChI is InChI=1S/C27H25N3O4/c1-3-34-26(32)23-24(19-12-9-13-20(16-19)33-2)30-22-15-8-7-14-21(22)28-27(30)29(25(23)31)17-18-10-5-4-6-11-18/h4-16,23-24H,3,17H2,1-2H3. The van der Waals surface area contributed by atoms with Gasteiger partial charge in [0, 0.05) is 0 Å².